The second kappa shape index (κ2) is 9.23. The molecular formula is C25H29N5O. The van der Waals surface area contributed by atoms with Crippen molar-refractivity contribution < 1.29 is 4.79 Å². The number of urea groups is 1. The van der Waals surface area contributed by atoms with Gasteiger partial charge >= 0.3 is 6.03 Å². The Morgan fingerprint density at radius 1 is 1.06 bits per heavy atom. The van der Waals surface area contributed by atoms with Gasteiger partial charge in [0.1, 0.15) is 0 Å². The minimum absolute atomic E-state index is 0.0426. The lowest BCUT2D eigenvalue weighted by molar-refractivity contribution is 0.143. The van der Waals surface area contributed by atoms with Crippen molar-refractivity contribution in [1.29, 1.82) is 5.26 Å². The molecule has 6 heteroatoms. The number of fused-ring (bicyclic) bond motifs is 1. The molecule has 31 heavy (non-hydrogen) atoms. The fourth-order valence-corrected chi connectivity index (χ4v) is 4.08. The van der Waals surface area contributed by atoms with Crippen LogP contribution in [0.2, 0.25) is 0 Å². The number of nitrogens with zero attached hydrogens (tertiary/aromatic N) is 4. The molecule has 2 amide bonds. The largest absolute Gasteiger partial charge is 0.347 e. The van der Waals surface area contributed by atoms with Crippen LogP contribution in [0.25, 0.3) is 10.9 Å². The number of rotatable bonds is 5. The van der Waals surface area contributed by atoms with Gasteiger partial charge in [0.15, 0.2) is 0 Å². The molecule has 0 aliphatic carbocycles. The van der Waals surface area contributed by atoms with Gasteiger partial charge < -0.3 is 14.8 Å². The molecular weight excluding hydrogens is 386 g/mol. The van der Waals surface area contributed by atoms with Gasteiger partial charge in [-0.3, -0.25) is 4.90 Å². The van der Waals surface area contributed by atoms with E-state index in [9.17, 15) is 4.79 Å². The van der Waals surface area contributed by atoms with Crippen LogP contribution in [0.1, 0.15) is 25.0 Å². The molecule has 0 radical (unpaired) electrons. The normalized spacial score (nSPS) is 14.7. The Morgan fingerprint density at radius 2 is 1.81 bits per heavy atom. The average molecular weight is 416 g/mol. The zero-order valence-electron chi connectivity index (χ0n) is 18.2. The SMILES string of the molecule is CC(C)Cn1ccc2cc(NC(=O)N3CCN(Cc4ccc(C#N)cc4)CC3)ccc21. The molecule has 6 nitrogen and oxygen atoms in total. The van der Waals surface area contributed by atoms with E-state index in [2.05, 4.69) is 53.0 Å². The van der Waals surface area contributed by atoms with E-state index in [4.69, 9.17) is 5.26 Å². The van der Waals surface area contributed by atoms with Gasteiger partial charge in [0.05, 0.1) is 11.6 Å². The summed E-state index contributed by atoms with van der Waals surface area (Å²) in [7, 11) is 0. The van der Waals surface area contributed by atoms with Crippen LogP contribution in [0.4, 0.5) is 10.5 Å². The summed E-state index contributed by atoms with van der Waals surface area (Å²) in [6.07, 6.45) is 2.11. The Kier molecular flexibility index (Phi) is 6.24. The van der Waals surface area contributed by atoms with E-state index in [1.807, 2.05) is 41.3 Å². The molecule has 0 atom stereocenters. The van der Waals surface area contributed by atoms with Gasteiger partial charge in [-0.1, -0.05) is 26.0 Å². The van der Waals surface area contributed by atoms with Crippen LogP contribution in [0.15, 0.2) is 54.7 Å². The second-order valence-electron chi connectivity index (χ2n) is 8.64. The first-order valence-electron chi connectivity index (χ1n) is 10.9. The summed E-state index contributed by atoms with van der Waals surface area (Å²) < 4.78 is 2.26. The summed E-state index contributed by atoms with van der Waals surface area (Å²) in [5.41, 5.74) is 3.90. The average Bonchev–Trinajstić information content (AvgIpc) is 3.16. The highest BCUT2D eigenvalue weighted by Crippen LogP contribution is 2.22. The van der Waals surface area contributed by atoms with Gasteiger partial charge in [-0.25, -0.2) is 4.79 Å². The van der Waals surface area contributed by atoms with Gasteiger partial charge in [0, 0.05) is 62.1 Å². The molecule has 1 aliphatic heterocycles. The third kappa shape index (κ3) is 5.07. The van der Waals surface area contributed by atoms with Crippen molar-refractivity contribution in [1.82, 2.24) is 14.4 Å². The minimum atomic E-state index is -0.0426. The van der Waals surface area contributed by atoms with Crippen LogP contribution >= 0.6 is 0 Å². The summed E-state index contributed by atoms with van der Waals surface area (Å²) in [6.45, 7) is 9.33. The zero-order chi connectivity index (χ0) is 21.8. The standard InChI is InChI=1S/C25H29N5O/c1-19(2)17-30-10-9-22-15-23(7-8-24(22)30)27-25(31)29-13-11-28(12-14-29)18-21-5-3-20(16-26)4-6-21/h3-10,15,19H,11-14,17-18H2,1-2H3,(H,27,31). The molecule has 0 unspecified atom stereocenters. The molecule has 0 saturated carbocycles. The number of hydrogen-bond donors (Lipinski definition) is 1. The first-order chi connectivity index (χ1) is 15.0. The van der Waals surface area contributed by atoms with E-state index < -0.39 is 0 Å². The molecule has 1 saturated heterocycles. The van der Waals surface area contributed by atoms with Gasteiger partial charge in [-0.15, -0.1) is 0 Å². The number of carbonyl (C=O) groups is 1. The number of aromatic nitrogens is 1. The number of nitrogens with one attached hydrogen (secondary N) is 1. The molecule has 1 fully saturated rings. The van der Waals surface area contributed by atoms with Gasteiger partial charge in [-0.05, 0) is 47.9 Å². The van der Waals surface area contributed by atoms with Gasteiger partial charge in [0.2, 0.25) is 0 Å². The van der Waals surface area contributed by atoms with E-state index >= 15 is 0 Å². The predicted octanol–water partition coefficient (Wildman–Crippen LogP) is 4.52. The topological polar surface area (TPSA) is 64.3 Å². The van der Waals surface area contributed by atoms with E-state index in [1.54, 1.807) is 0 Å². The van der Waals surface area contributed by atoms with Crippen molar-refractivity contribution >= 4 is 22.6 Å². The number of piperazine rings is 1. The zero-order valence-corrected chi connectivity index (χ0v) is 18.2. The Morgan fingerprint density at radius 3 is 2.48 bits per heavy atom. The quantitative estimate of drug-likeness (QED) is 0.666. The Hall–Kier alpha value is -3.30. The number of benzene rings is 2. The molecule has 0 spiro atoms. The summed E-state index contributed by atoms with van der Waals surface area (Å²) in [5.74, 6) is 0.588. The molecule has 1 N–H and O–H groups in total. The van der Waals surface area contributed by atoms with Crippen LogP contribution in [0.5, 0.6) is 0 Å². The Balaban J connectivity index is 1.31. The van der Waals surface area contributed by atoms with Crippen LogP contribution in [-0.2, 0) is 13.1 Å². The highest BCUT2D eigenvalue weighted by Gasteiger charge is 2.21. The number of hydrogen-bond acceptors (Lipinski definition) is 3. The lowest BCUT2D eigenvalue weighted by Crippen LogP contribution is -2.49. The first-order valence-corrected chi connectivity index (χ1v) is 10.9. The summed E-state index contributed by atoms with van der Waals surface area (Å²) in [5, 5.41) is 13.1. The molecule has 1 aliphatic rings. The van der Waals surface area contributed by atoms with Crippen LogP contribution < -0.4 is 5.32 Å². The summed E-state index contributed by atoms with van der Waals surface area (Å²) in [6, 6.07) is 18.0. The minimum Gasteiger partial charge on any atom is -0.347 e. The summed E-state index contributed by atoms with van der Waals surface area (Å²) in [4.78, 5) is 17.0. The van der Waals surface area contributed by atoms with E-state index in [0.29, 0.717) is 24.6 Å². The molecule has 0 bridgehead atoms. The maximum absolute atomic E-state index is 12.8. The maximum Gasteiger partial charge on any atom is 0.321 e. The number of anilines is 1. The lowest BCUT2D eigenvalue weighted by Gasteiger charge is -2.34. The molecule has 2 heterocycles. The van der Waals surface area contributed by atoms with E-state index in [1.165, 1.54) is 11.1 Å². The van der Waals surface area contributed by atoms with Crippen LogP contribution in [0, 0.1) is 17.2 Å². The van der Waals surface area contributed by atoms with E-state index in [-0.39, 0.29) is 6.03 Å². The van der Waals surface area contributed by atoms with Crippen LogP contribution in [-0.4, -0.2) is 46.6 Å². The monoisotopic (exact) mass is 415 g/mol. The van der Waals surface area contributed by atoms with Crippen molar-refractivity contribution in [2.45, 2.75) is 26.9 Å². The molecule has 1 aromatic heterocycles. The van der Waals surface area contributed by atoms with Gasteiger partial charge in [-0.2, -0.15) is 5.26 Å². The predicted molar refractivity (Wildman–Crippen MR) is 124 cm³/mol. The first kappa shape index (κ1) is 21.0. The number of carbonyl (C=O) groups excluding carboxylic acids is 1. The number of amides is 2. The molecule has 2 aromatic carbocycles. The van der Waals surface area contributed by atoms with Crippen molar-refractivity contribution in [2.75, 3.05) is 31.5 Å². The number of nitriles is 1. The van der Waals surface area contributed by atoms with Crippen molar-refractivity contribution in [3.8, 4) is 6.07 Å². The lowest BCUT2D eigenvalue weighted by atomic mass is 10.1. The highest BCUT2D eigenvalue weighted by molar-refractivity contribution is 5.93. The van der Waals surface area contributed by atoms with Crippen molar-refractivity contribution in [2.24, 2.45) is 5.92 Å². The molecule has 3 aromatic rings. The molecule has 160 valence electrons. The van der Waals surface area contributed by atoms with Crippen molar-refractivity contribution in [3.63, 3.8) is 0 Å². The van der Waals surface area contributed by atoms with Gasteiger partial charge in [0.25, 0.3) is 0 Å². The Bertz CT molecular complexity index is 1090. The Labute approximate surface area is 183 Å². The second-order valence-corrected chi connectivity index (χ2v) is 8.64. The third-order valence-electron chi connectivity index (χ3n) is 5.73. The van der Waals surface area contributed by atoms with E-state index in [0.717, 1.165) is 37.3 Å². The van der Waals surface area contributed by atoms with Crippen LogP contribution in [0.3, 0.4) is 0 Å². The smallest absolute Gasteiger partial charge is 0.321 e. The maximum atomic E-state index is 12.8. The van der Waals surface area contributed by atoms with Crippen molar-refractivity contribution in [3.05, 3.63) is 65.9 Å². The summed E-state index contributed by atoms with van der Waals surface area (Å²) >= 11 is 0. The third-order valence-corrected chi connectivity index (χ3v) is 5.73. The highest BCUT2D eigenvalue weighted by atomic mass is 16.2. The fourth-order valence-electron chi connectivity index (χ4n) is 4.08. The molecule has 4 rings (SSSR count). The fraction of sp³-hybridized carbons (Fsp3) is 0.360.